The summed E-state index contributed by atoms with van der Waals surface area (Å²) in [4.78, 5) is 11.8. The Morgan fingerprint density at radius 2 is 2.00 bits per heavy atom. The van der Waals surface area contributed by atoms with Crippen molar-refractivity contribution in [2.45, 2.75) is 31.2 Å². The summed E-state index contributed by atoms with van der Waals surface area (Å²) >= 11 is 0. The van der Waals surface area contributed by atoms with Gasteiger partial charge in [0.05, 0.1) is 11.5 Å². The monoisotopic (exact) mass is 297 g/mol. The van der Waals surface area contributed by atoms with Crippen molar-refractivity contribution in [3.63, 3.8) is 0 Å². The van der Waals surface area contributed by atoms with Crippen LogP contribution in [0.2, 0.25) is 0 Å². The van der Waals surface area contributed by atoms with E-state index in [9.17, 15) is 13.2 Å². The number of esters is 1. The van der Waals surface area contributed by atoms with Gasteiger partial charge in [-0.05, 0) is 32.4 Å². The number of sulfonamides is 1. The maximum Gasteiger partial charge on any atom is 0.324 e. The Morgan fingerprint density at radius 3 is 2.50 bits per heavy atom. The number of hydrogen-bond donors (Lipinski definition) is 1. The molecule has 0 aliphatic carbocycles. The van der Waals surface area contributed by atoms with Crippen molar-refractivity contribution in [3.05, 3.63) is 42.5 Å². The van der Waals surface area contributed by atoms with Gasteiger partial charge in [-0.2, -0.15) is 4.72 Å². The van der Waals surface area contributed by atoms with Crippen molar-refractivity contribution in [2.75, 3.05) is 6.61 Å². The Balaban J connectivity index is 2.93. The maximum absolute atomic E-state index is 12.2. The predicted molar refractivity (Wildman–Crippen MR) is 76.7 cm³/mol. The predicted octanol–water partition coefficient (Wildman–Crippen LogP) is 1.78. The average Bonchev–Trinajstić information content (AvgIpc) is 2.39. The van der Waals surface area contributed by atoms with Crippen LogP contribution >= 0.6 is 0 Å². The van der Waals surface area contributed by atoms with Gasteiger partial charge in [0.25, 0.3) is 0 Å². The van der Waals surface area contributed by atoms with Crippen LogP contribution in [-0.2, 0) is 19.6 Å². The largest absolute Gasteiger partial charge is 0.465 e. The van der Waals surface area contributed by atoms with E-state index in [-0.39, 0.29) is 17.9 Å². The van der Waals surface area contributed by atoms with Gasteiger partial charge in [0.15, 0.2) is 0 Å². The van der Waals surface area contributed by atoms with Crippen molar-refractivity contribution >= 4 is 16.0 Å². The second-order valence-electron chi connectivity index (χ2n) is 4.26. The van der Waals surface area contributed by atoms with Crippen LogP contribution in [0.1, 0.15) is 18.9 Å². The summed E-state index contributed by atoms with van der Waals surface area (Å²) in [5.41, 5.74) is 0.956. The molecule has 110 valence electrons. The molecule has 1 aromatic rings. The van der Waals surface area contributed by atoms with Gasteiger partial charge >= 0.3 is 5.97 Å². The number of hydrogen-bond acceptors (Lipinski definition) is 4. The Bertz CT molecular complexity index is 563. The van der Waals surface area contributed by atoms with Crippen molar-refractivity contribution in [1.82, 2.24) is 4.72 Å². The summed E-state index contributed by atoms with van der Waals surface area (Å²) in [6.07, 6.45) is 1.64. The molecule has 0 aromatic heterocycles. The molecule has 1 N–H and O–H groups in total. The summed E-state index contributed by atoms with van der Waals surface area (Å²) in [7, 11) is -3.76. The summed E-state index contributed by atoms with van der Waals surface area (Å²) in [5, 5.41) is 0. The molecule has 0 fully saturated rings. The number of carbonyl (C=O) groups is 1. The van der Waals surface area contributed by atoms with Gasteiger partial charge in [-0.3, -0.25) is 4.79 Å². The minimum absolute atomic E-state index is 0.112. The van der Waals surface area contributed by atoms with Gasteiger partial charge in [0, 0.05) is 0 Å². The molecule has 1 aromatic carbocycles. The molecule has 0 heterocycles. The molecule has 0 aliphatic heterocycles. The van der Waals surface area contributed by atoms with E-state index in [1.165, 1.54) is 18.2 Å². The van der Waals surface area contributed by atoms with Crippen LogP contribution in [0.3, 0.4) is 0 Å². The Labute approximate surface area is 119 Å². The van der Waals surface area contributed by atoms with Gasteiger partial charge in [0.1, 0.15) is 6.04 Å². The SMILES string of the molecule is C=CC[C@H](NS(=O)(=O)c1ccc(C)cc1)C(=O)OCC. The molecule has 1 rings (SSSR count). The van der Waals surface area contributed by atoms with Crippen molar-refractivity contribution in [1.29, 1.82) is 0 Å². The van der Waals surface area contributed by atoms with E-state index in [4.69, 9.17) is 4.74 Å². The molecule has 0 amide bonds. The smallest absolute Gasteiger partial charge is 0.324 e. The average molecular weight is 297 g/mol. The van der Waals surface area contributed by atoms with E-state index in [0.717, 1.165) is 5.56 Å². The number of nitrogens with one attached hydrogen (secondary N) is 1. The van der Waals surface area contributed by atoms with Crippen LogP contribution in [0.4, 0.5) is 0 Å². The first-order valence-corrected chi connectivity index (χ1v) is 7.75. The highest BCUT2D eigenvalue weighted by Crippen LogP contribution is 2.12. The summed E-state index contributed by atoms with van der Waals surface area (Å²) in [6.45, 7) is 7.24. The molecule has 0 radical (unpaired) electrons. The molecule has 5 nitrogen and oxygen atoms in total. The summed E-state index contributed by atoms with van der Waals surface area (Å²) in [6, 6.07) is 5.42. The Kier molecular flexibility index (Phi) is 5.91. The fourth-order valence-corrected chi connectivity index (χ4v) is 2.77. The van der Waals surface area contributed by atoms with E-state index in [1.54, 1.807) is 19.1 Å². The van der Waals surface area contributed by atoms with Crippen LogP contribution in [0.15, 0.2) is 41.8 Å². The first-order valence-electron chi connectivity index (χ1n) is 6.27. The molecule has 1 atom stereocenters. The summed E-state index contributed by atoms with van der Waals surface area (Å²) in [5.74, 6) is -0.608. The molecule has 0 bridgehead atoms. The van der Waals surface area contributed by atoms with Gasteiger partial charge in [-0.15, -0.1) is 6.58 Å². The normalized spacial score (nSPS) is 12.7. The lowest BCUT2D eigenvalue weighted by Crippen LogP contribution is -2.41. The fraction of sp³-hybridized carbons (Fsp3) is 0.357. The first-order chi connectivity index (χ1) is 9.40. The fourth-order valence-electron chi connectivity index (χ4n) is 1.57. The topological polar surface area (TPSA) is 72.5 Å². The van der Waals surface area contributed by atoms with E-state index in [2.05, 4.69) is 11.3 Å². The van der Waals surface area contributed by atoms with E-state index in [1.807, 2.05) is 6.92 Å². The minimum Gasteiger partial charge on any atom is -0.465 e. The standard InChI is InChI=1S/C14H19NO4S/c1-4-6-13(14(16)19-5-2)15-20(17,18)12-9-7-11(3)8-10-12/h4,7-10,13,15H,1,5-6H2,2-3H3/t13-/m0/s1. The zero-order valence-electron chi connectivity index (χ0n) is 11.6. The lowest BCUT2D eigenvalue weighted by Gasteiger charge is -2.16. The van der Waals surface area contributed by atoms with Crippen LogP contribution < -0.4 is 4.72 Å². The highest BCUT2D eigenvalue weighted by molar-refractivity contribution is 7.89. The van der Waals surface area contributed by atoms with Crippen molar-refractivity contribution in [2.24, 2.45) is 0 Å². The van der Waals surface area contributed by atoms with Crippen molar-refractivity contribution < 1.29 is 17.9 Å². The van der Waals surface area contributed by atoms with Crippen LogP contribution in [0.5, 0.6) is 0 Å². The molecule has 0 unspecified atom stereocenters. The lowest BCUT2D eigenvalue weighted by molar-refractivity contribution is -0.145. The van der Waals surface area contributed by atoms with E-state index in [0.29, 0.717) is 0 Å². The quantitative estimate of drug-likeness (QED) is 0.615. The number of carbonyl (C=O) groups excluding carboxylic acids is 1. The highest BCUT2D eigenvalue weighted by Gasteiger charge is 2.25. The number of ether oxygens (including phenoxy) is 1. The third-order valence-corrected chi connectivity index (χ3v) is 4.09. The molecule has 20 heavy (non-hydrogen) atoms. The van der Waals surface area contributed by atoms with Gasteiger partial charge < -0.3 is 4.74 Å². The van der Waals surface area contributed by atoms with Gasteiger partial charge in [-0.25, -0.2) is 8.42 Å². The van der Waals surface area contributed by atoms with Crippen LogP contribution in [0, 0.1) is 6.92 Å². The van der Waals surface area contributed by atoms with Gasteiger partial charge in [0.2, 0.25) is 10.0 Å². The number of benzene rings is 1. The zero-order valence-corrected chi connectivity index (χ0v) is 12.4. The van der Waals surface area contributed by atoms with Crippen LogP contribution in [0.25, 0.3) is 0 Å². The van der Waals surface area contributed by atoms with E-state index >= 15 is 0 Å². The summed E-state index contributed by atoms with van der Waals surface area (Å²) < 4.78 is 31.6. The lowest BCUT2D eigenvalue weighted by atomic mass is 10.2. The third kappa shape index (κ3) is 4.47. The second-order valence-corrected chi connectivity index (χ2v) is 5.98. The molecule has 0 aliphatic rings. The number of aryl methyl sites for hydroxylation is 1. The third-order valence-electron chi connectivity index (χ3n) is 2.60. The van der Waals surface area contributed by atoms with Gasteiger partial charge in [-0.1, -0.05) is 23.8 Å². The van der Waals surface area contributed by atoms with Crippen LogP contribution in [-0.4, -0.2) is 27.0 Å². The first kappa shape index (κ1) is 16.4. The maximum atomic E-state index is 12.2. The second kappa shape index (κ2) is 7.21. The molecular formula is C14H19NO4S. The Morgan fingerprint density at radius 1 is 1.40 bits per heavy atom. The number of rotatable bonds is 7. The molecular weight excluding hydrogens is 278 g/mol. The molecule has 0 saturated carbocycles. The highest BCUT2D eigenvalue weighted by atomic mass is 32.2. The van der Waals surface area contributed by atoms with E-state index < -0.39 is 22.0 Å². The molecule has 0 spiro atoms. The zero-order chi connectivity index (χ0) is 15.2. The van der Waals surface area contributed by atoms with Crippen molar-refractivity contribution in [3.8, 4) is 0 Å². The molecule has 0 saturated heterocycles. The molecule has 6 heteroatoms. The minimum atomic E-state index is -3.76. The Hall–Kier alpha value is -1.66.